The Kier molecular flexibility index (Phi) is 5.80. The van der Waals surface area contributed by atoms with Crippen LogP contribution in [0.15, 0.2) is 18.2 Å². The summed E-state index contributed by atoms with van der Waals surface area (Å²) in [6.07, 6.45) is 1.59. The molecule has 2 amide bonds. The Hall–Kier alpha value is -3.23. The lowest BCUT2D eigenvalue weighted by Crippen LogP contribution is -2.34. The second kappa shape index (κ2) is 8.43. The highest BCUT2D eigenvalue weighted by Gasteiger charge is 2.20. The van der Waals surface area contributed by atoms with E-state index in [0.717, 1.165) is 17.7 Å². The van der Waals surface area contributed by atoms with Crippen molar-refractivity contribution in [1.82, 2.24) is 15.5 Å². The molecule has 2 heterocycles. The van der Waals surface area contributed by atoms with Crippen LogP contribution in [0.2, 0.25) is 0 Å². The van der Waals surface area contributed by atoms with Gasteiger partial charge in [0.05, 0.1) is 18.0 Å². The number of H-pyrrole nitrogens is 1. The predicted octanol–water partition coefficient (Wildman–Crippen LogP) is 2.44. The molecular formula is C18H22N4O5. The maximum Gasteiger partial charge on any atom is 0.325 e. The fourth-order valence-corrected chi connectivity index (χ4v) is 2.72. The summed E-state index contributed by atoms with van der Waals surface area (Å²) in [6, 6.07) is 4.96. The summed E-state index contributed by atoms with van der Waals surface area (Å²) in [4.78, 5) is 23.6. The zero-order chi connectivity index (χ0) is 19.2. The number of hydrogen-bond donors (Lipinski definition) is 3. The average molecular weight is 374 g/mol. The zero-order valence-electron chi connectivity index (χ0n) is 15.3. The van der Waals surface area contributed by atoms with Crippen molar-refractivity contribution in [3.63, 3.8) is 0 Å². The van der Waals surface area contributed by atoms with Gasteiger partial charge in [-0.2, -0.15) is 5.10 Å². The van der Waals surface area contributed by atoms with E-state index in [1.807, 2.05) is 19.1 Å². The number of amides is 2. The first-order valence-corrected chi connectivity index (χ1v) is 8.80. The molecule has 3 rings (SSSR count). The highest BCUT2D eigenvalue weighted by Crippen LogP contribution is 2.38. The number of aromatic amines is 1. The van der Waals surface area contributed by atoms with E-state index in [4.69, 9.17) is 14.2 Å². The number of aromatic nitrogens is 2. The summed E-state index contributed by atoms with van der Waals surface area (Å²) >= 11 is 0. The van der Waals surface area contributed by atoms with Crippen molar-refractivity contribution in [2.24, 2.45) is 0 Å². The first kappa shape index (κ1) is 18.6. The minimum atomic E-state index is -0.510. The van der Waals surface area contributed by atoms with Crippen molar-refractivity contribution < 1.29 is 23.8 Å². The Morgan fingerprint density at radius 1 is 1.26 bits per heavy atom. The lowest BCUT2D eigenvalue weighted by molar-refractivity contribution is -0.141. The van der Waals surface area contributed by atoms with Gasteiger partial charge >= 0.3 is 12.0 Å². The maximum absolute atomic E-state index is 12.2. The van der Waals surface area contributed by atoms with Crippen LogP contribution in [0.5, 0.6) is 11.5 Å². The summed E-state index contributed by atoms with van der Waals surface area (Å²) < 4.78 is 15.5. The van der Waals surface area contributed by atoms with Gasteiger partial charge in [0.25, 0.3) is 0 Å². The highest BCUT2D eigenvalue weighted by molar-refractivity contribution is 5.96. The average Bonchev–Trinajstić information content (AvgIpc) is 3.27. The van der Waals surface area contributed by atoms with Crippen molar-refractivity contribution in [2.75, 3.05) is 25.3 Å². The Bertz CT molecular complexity index is 833. The minimum Gasteiger partial charge on any atom is -0.465 e. The molecule has 144 valence electrons. The Morgan fingerprint density at radius 2 is 2.07 bits per heavy atom. The van der Waals surface area contributed by atoms with Crippen LogP contribution in [0, 0.1) is 0 Å². The molecule has 0 unspecified atom stereocenters. The van der Waals surface area contributed by atoms with Crippen molar-refractivity contribution in [3.8, 4) is 22.8 Å². The topological polar surface area (TPSA) is 115 Å². The first-order chi connectivity index (χ1) is 13.1. The van der Waals surface area contributed by atoms with E-state index < -0.39 is 12.0 Å². The normalized spacial score (nSPS) is 11.9. The van der Waals surface area contributed by atoms with Gasteiger partial charge in [0, 0.05) is 5.56 Å². The van der Waals surface area contributed by atoms with E-state index in [2.05, 4.69) is 20.8 Å². The fourth-order valence-electron chi connectivity index (χ4n) is 2.72. The molecule has 0 bridgehead atoms. The largest absolute Gasteiger partial charge is 0.465 e. The van der Waals surface area contributed by atoms with Crippen LogP contribution in [0.3, 0.4) is 0 Å². The predicted molar refractivity (Wildman–Crippen MR) is 97.8 cm³/mol. The first-order valence-electron chi connectivity index (χ1n) is 8.80. The number of nitrogens with zero attached hydrogens (tertiary/aromatic N) is 1. The summed E-state index contributed by atoms with van der Waals surface area (Å²) in [5.41, 5.74) is 2.73. The molecule has 3 N–H and O–H groups in total. The number of hydrogen-bond acceptors (Lipinski definition) is 6. The molecule has 2 aromatic rings. The standard InChI is InChI=1S/C18H22N4O5/c1-3-5-12-17(20-18(24)19-9-15(23)25-4-2)16(22-21-12)11-6-7-13-14(8-11)27-10-26-13/h6-8H,3-5,9-10H2,1-2H3,(H,21,22)(H2,19,20,24). The molecule has 0 radical (unpaired) electrons. The monoisotopic (exact) mass is 374 g/mol. The van der Waals surface area contributed by atoms with Crippen LogP contribution in [-0.2, 0) is 16.0 Å². The van der Waals surface area contributed by atoms with Crippen LogP contribution >= 0.6 is 0 Å². The molecule has 1 aromatic carbocycles. The lowest BCUT2D eigenvalue weighted by atomic mass is 10.1. The number of aryl methyl sites for hydroxylation is 1. The minimum absolute atomic E-state index is 0.182. The third kappa shape index (κ3) is 4.30. The molecule has 1 aliphatic heterocycles. The second-order valence-corrected chi connectivity index (χ2v) is 5.86. The van der Waals surface area contributed by atoms with Gasteiger partial charge < -0.3 is 24.8 Å². The number of carbonyl (C=O) groups excluding carboxylic acids is 2. The van der Waals surface area contributed by atoms with Gasteiger partial charge in [0.2, 0.25) is 6.79 Å². The molecule has 0 spiro atoms. The number of fused-ring (bicyclic) bond motifs is 1. The number of carbonyl (C=O) groups is 2. The van der Waals surface area contributed by atoms with Crippen molar-refractivity contribution in [3.05, 3.63) is 23.9 Å². The number of anilines is 1. The number of nitrogens with one attached hydrogen (secondary N) is 3. The van der Waals surface area contributed by atoms with Gasteiger partial charge in [-0.1, -0.05) is 13.3 Å². The SMILES string of the molecule is CCCc1[nH]nc(-c2ccc3c(c2)OCO3)c1NC(=O)NCC(=O)OCC. The van der Waals surface area contributed by atoms with E-state index >= 15 is 0 Å². The number of ether oxygens (including phenoxy) is 3. The molecular weight excluding hydrogens is 352 g/mol. The van der Waals surface area contributed by atoms with E-state index in [-0.39, 0.29) is 19.9 Å². The van der Waals surface area contributed by atoms with Crippen LogP contribution in [-0.4, -0.2) is 42.1 Å². The highest BCUT2D eigenvalue weighted by atomic mass is 16.7. The van der Waals surface area contributed by atoms with Crippen LogP contribution in [0.1, 0.15) is 26.0 Å². The molecule has 0 fully saturated rings. The molecule has 1 aromatic heterocycles. The summed E-state index contributed by atoms with van der Waals surface area (Å²) in [5, 5.41) is 12.6. The summed E-state index contributed by atoms with van der Waals surface area (Å²) in [5.74, 6) is 0.805. The molecule has 9 heteroatoms. The van der Waals surface area contributed by atoms with Crippen molar-refractivity contribution >= 4 is 17.7 Å². The van der Waals surface area contributed by atoms with Crippen molar-refractivity contribution in [1.29, 1.82) is 0 Å². The molecule has 0 aliphatic carbocycles. The third-order valence-corrected chi connectivity index (χ3v) is 3.92. The molecule has 1 aliphatic rings. The quantitative estimate of drug-likeness (QED) is 0.641. The van der Waals surface area contributed by atoms with Gasteiger partial charge in [-0.3, -0.25) is 9.89 Å². The lowest BCUT2D eigenvalue weighted by Gasteiger charge is -2.10. The van der Waals surface area contributed by atoms with Crippen LogP contribution < -0.4 is 20.1 Å². The van der Waals surface area contributed by atoms with Gasteiger partial charge in [-0.05, 0) is 31.5 Å². The number of urea groups is 1. The summed E-state index contributed by atoms with van der Waals surface area (Å²) in [7, 11) is 0. The molecule has 9 nitrogen and oxygen atoms in total. The molecule has 0 saturated carbocycles. The number of benzene rings is 1. The third-order valence-electron chi connectivity index (χ3n) is 3.92. The smallest absolute Gasteiger partial charge is 0.325 e. The van der Waals surface area contributed by atoms with E-state index in [1.54, 1.807) is 13.0 Å². The van der Waals surface area contributed by atoms with Gasteiger partial charge in [0.1, 0.15) is 12.2 Å². The maximum atomic E-state index is 12.2. The Balaban J connectivity index is 1.80. The van der Waals surface area contributed by atoms with E-state index in [1.165, 1.54) is 0 Å². The van der Waals surface area contributed by atoms with E-state index in [0.29, 0.717) is 29.3 Å². The number of rotatable bonds is 7. The van der Waals surface area contributed by atoms with Gasteiger partial charge in [-0.15, -0.1) is 0 Å². The zero-order valence-corrected chi connectivity index (χ0v) is 15.3. The Labute approximate surface area is 156 Å². The van der Waals surface area contributed by atoms with Crippen molar-refractivity contribution in [2.45, 2.75) is 26.7 Å². The summed E-state index contributed by atoms with van der Waals surface area (Å²) in [6.45, 7) is 3.98. The van der Waals surface area contributed by atoms with Crippen LogP contribution in [0.4, 0.5) is 10.5 Å². The van der Waals surface area contributed by atoms with E-state index in [9.17, 15) is 9.59 Å². The fraction of sp³-hybridized carbons (Fsp3) is 0.389. The second-order valence-electron chi connectivity index (χ2n) is 5.86. The van der Waals surface area contributed by atoms with Gasteiger partial charge in [-0.25, -0.2) is 4.79 Å². The molecule has 0 saturated heterocycles. The number of esters is 1. The molecule has 27 heavy (non-hydrogen) atoms. The Morgan fingerprint density at radius 3 is 2.85 bits per heavy atom. The van der Waals surface area contributed by atoms with Gasteiger partial charge in [0.15, 0.2) is 11.5 Å². The molecule has 0 atom stereocenters. The van der Waals surface area contributed by atoms with Crippen LogP contribution in [0.25, 0.3) is 11.3 Å².